The first-order valence-electron chi connectivity index (χ1n) is 9.30. The Labute approximate surface area is 160 Å². The van der Waals surface area contributed by atoms with Crippen molar-refractivity contribution in [2.45, 2.75) is 32.7 Å². The van der Waals surface area contributed by atoms with Gasteiger partial charge in [0.15, 0.2) is 5.82 Å². The number of aryl methyl sites for hydroxylation is 1. The molecule has 2 aromatic rings. The van der Waals surface area contributed by atoms with Crippen LogP contribution in [0.4, 0.5) is 22.4 Å². The number of urea groups is 1. The molecule has 0 bridgehead atoms. The SMILES string of the molecule is Cc1ccccc1NC(=O)NCc1nc(N(C)C)nc(N2CCCCC2)n1. The van der Waals surface area contributed by atoms with Crippen LogP contribution >= 0.6 is 0 Å². The van der Waals surface area contributed by atoms with Gasteiger partial charge in [-0.05, 0) is 37.8 Å². The van der Waals surface area contributed by atoms with Gasteiger partial charge in [0.2, 0.25) is 11.9 Å². The number of piperidine rings is 1. The molecule has 0 saturated carbocycles. The summed E-state index contributed by atoms with van der Waals surface area (Å²) in [6.07, 6.45) is 3.54. The van der Waals surface area contributed by atoms with Gasteiger partial charge in [0, 0.05) is 32.9 Å². The predicted molar refractivity (Wildman–Crippen MR) is 107 cm³/mol. The van der Waals surface area contributed by atoms with E-state index in [-0.39, 0.29) is 12.6 Å². The lowest BCUT2D eigenvalue weighted by molar-refractivity contribution is 0.251. The highest BCUT2D eigenvalue weighted by molar-refractivity contribution is 5.89. The lowest BCUT2D eigenvalue weighted by Gasteiger charge is -2.27. The normalized spacial score (nSPS) is 14.0. The van der Waals surface area contributed by atoms with E-state index in [0.29, 0.717) is 17.7 Å². The number of hydrogen-bond acceptors (Lipinski definition) is 6. The van der Waals surface area contributed by atoms with E-state index in [0.717, 1.165) is 37.2 Å². The predicted octanol–water partition coefficient (Wildman–Crippen LogP) is 2.56. The number of amides is 2. The van der Waals surface area contributed by atoms with Crippen LogP contribution in [0.25, 0.3) is 0 Å². The maximum atomic E-state index is 12.2. The second-order valence-electron chi connectivity index (χ2n) is 6.92. The maximum absolute atomic E-state index is 12.2. The zero-order chi connectivity index (χ0) is 19.2. The Morgan fingerprint density at radius 1 is 1.11 bits per heavy atom. The first kappa shape index (κ1) is 18.9. The minimum absolute atomic E-state index is 0.238. The summed E-state index contributed by atoms with van der Waals surface area (Å²) in [5.74, 6) is 1.83. The summed E-state index contributed by atoms with van der Waals surface area (Å²) in [4.78, 5) is 29.9. The first-order chi connectivity index (χ1) is 13.0. The molecule has 0 atom stereocenters. The molecule has 3 rings (SSSR count). The number of carbonyl (C=O) groups is 1. The van der Waals surface area contributed by atoms with Crippen LogP contribution < -0.4 is 20.4 Å². The molecule has 2 amide bonds. The Kier molecular flexibility index (Phi) is 6.05. The van der Waals surface area contributed by atoms with Gasteiger partial charge in [0.25, 0.3) is 0 Å². The van der Waals surface area contributed by atoms with Gasteiger partial charge in [-0.3, -0.25) is 0 Å². The fourth-order valence-electron chi connectivity index (χ4n) is 2.95. The molecule has 27 heavy (non-hydrogen) atoms. The van der Waals surface area contributed by atoms with E-state index >= 15 is 0 Å². The van der Waals surface area contributed by atoms with Gasteiger partial charge in [-0.25, -0.2) is 4.79 Å². The molecule has 1 aromatic carbocycles. The quantitative estimate of drug-likeness (QED) is 0.842. The molecule has 1 aromatic heterocycles. The Hall–Kier alpha value is -2.90. The van der Waals surface area contributed by atoms with E-state index < -0.39 is 0 Å². The van der Waals surface area contributed by atoms with Crippen molar-refractivity contribution in [3.63, 3.8) is 0 Å². The number of hydrogen-bond donors (Lipinski definition) is 2. The van der Waals surface area contributed by atoms with Crippen LogP contribution in [-0.2, 0) is 6.54 Å². The monoisotopic (exact) mass is 369 g/mol. The van der Waals surface area contributed by atoms with Gasteiger partial charge in [-0.15, -0.1) is 0 Å². The summed E-state index contributed by atoms with van der Waals surface area (Å²) in [5.41, 5.74) is 1.80. The van der Waals surface area contributed by atoms with Crippen LogP contribution in [0.3, 0.4) is 0 Å². The third kappa shape index (κ3) is 5.06. The largest absolute Gasteiger partial charge is 0.347 e. The van der Waals surface area contributed by atoms with E-state index in [1.807, 2.05) is 50.2 Å². The second-order valence-corrected chi connectivity index (χ2v) is 6.92. The summed E-state index contributed by atoms with van der Waals surface area (Å²) in [5, 5.41) is 5.68. The van der Waals surface area contributed by atoms with E-state index in [4.69, 9.17) is 0 Å². The van der Waals surface area contributed by atoms with Crippen molar-refractivity contribution in [3.8, 4) is 0 Å². The Morgan fingerprint density at radius 2 is 1.85 bits per heavy atom. The van der Waals surface area contributed by atoms with Crippen molar-refractivity contribution in [1.29, 1.82) is 0 Å². The third-order valence-electron chi connectivity index (χ3n) is 4.50. The van der Waals surface area contributed by atoms with Gasteiger partial charge in [-0.1, -0.05) is 18.2 Å². The van der Waals surface area contributed by atoms with Crippen molar-refractivity contribution in [3.05, 3.63) is 35.7 Å². The molecule has 1 aliphatic rings. The molecule has 1 aliphatic heterocycles. The Balaban J connectivity index is 1.68. The van der Waals surface area contributed by atoms with Gasteiger partial charge in [0.1, 0.15) is 0 Å². The summed E-state index contributed by atoms with van der Waals surface area (Å²) in [6.45, 7) is 4.10. The van der Waals surface area contributed by atoms with E-state index in [2.05, 4.69) is 30.5 Å². The van der Waals surface area contributed by atoms with Crippen LogP contribution in [0.5, 0.6) is 0 Å². The molecule has 2 N–H and O–H groups in total. The highest BCUT2D eigenvalue weighted by Gasteiger charge is 2.17. The van der Waals surface area contributed by atoms with Crippen molar-refractivity contribution >= 4 is 23.6 Å². The minimum atomic E-state index is -0.282. The van der Waals surface area contributed by atoms with Crippen LogP contribution in [0, 0.1) is 6.92 Å². The molecule has 0 spiro atoms. The van der Waals surface area contributed by atoms with Gasteiger partial charge in [0.05, 0.1) is 6.54 Å². The van der Waals surface area contributed by atoms with Crippen molar-refractivity contribution in [1.82, 2.24) is 20.3 Å². The number of carbonyl (C=O) groups excluding carboxylic acids is 1. The lowest BCUT2D eigenvalue weighted by atomic mass is 10.1. The molecule has 1 fully saturated rings. The minimum Gasteiger partial charge on any atom is -0.347 e. The summed E-state index contributed by atoms with van der Waals surface area (Å²) < 4.78 is 0. The van der Waals surface area contributed by atoms with Crippen molar-refractivity contribution in [2.24, 2.45) is 0 Å². The van der Waals surface area contributed by atoms with Crippen LogP contribution in [0.1, 0.15) is 30.7 Å². The molecule has 8 nitrogen and oxygen atoms in total. The molecular weight excluding hydrogens is 342 g/mol. The zero-order valence-corrected chi connectivity index (χ0v) is 16.2. The fourth-order valence-corrected chi connectivity index (χ4v) is 2.95. The van der Waals surface area contributed by atoms with E-state index in [1.54, 1.807) is 0 Å². The van der Waals surface area contributed by atoms with Gasteiger partial charge in [-0.2, -0.15) is 15.0 Å². The Morgan fingerprint density at radius 3 is 2.56 bits per heavy atom. The average molecular weight is 369 g/mol. The number of anilines is 3. The van der Waals surface area contributed by atoms with Crippen molar-refractivity contribution in [2.75, 3.05) is 42.3 Å². The molecule has 0 radical (unpaired) electrons. The van der Waals surface area contributed by atoms with E-state index in [9.17, 15) is 4.79 Å². The molecule has 8 heteroatoms. The van der Waals surface area contributed by atoms with Gasteiger partial charge < -0.3 is 20.4 Å². The third-order valence-corrected chi connectivity index (χ3v) is 4.50. The fraction of sp³-hybridized carbons (Fsp3) is 0.474. The maximum Gasteiger partial charge on any atom is 0.319 e. The lowest BCUT2D eigenvalue weighted by Crippen LogP contribution is -2.33. The number of nitrogens with zero attached hydrogens (tertiary/aromatic N) is 5. The number of para-hydroxylation sites is 1. The van der Waals surface area contributed by atoms with Crippen LogP contribution in [0.15, 0.2) is 24.3 Å². The first-order valence-corrected chi connectivity index (χ1v) is 9.30. The van der Waals surface area contributed by atoms with Crippen LogP contribution in [0.2, 0.25) is 0 Å². The molecule has 0 aliphatic carbocycles. The molecule has 0 unspecified atom stereocenters. The summed E-state index contributed by atoms with van der Waals surface area (Å²) in [6, 6.07) is 7.37. The molecular formula is C19H27N7O. The van der Waals surface area contributed by atoms with Crippen LogP contribution in [-0.4, -0.2) is 48.2 Å². The zero-order valence-electron chi connectivity index (χ0n) is 16.2. The summed E-state index contributed by atoms with van der Waals surface area (Å²) >= 11 is 0. The molecule has 144 valence electrons. The number of nitrogens with one attached hydrogen (secondary N) is 2. The highest BCUT2D eigenvalue weighted by atomic mass is 16.2. The average Bonchev–Trinajstić information content (AvgIpc) is 2.68. The van der Waals surface area contributed by atoms with E-state index in [1.165, 1.54) is 6.42 Å². The standard InChI is InChI=1S/C19H27N7O/c1-14-9-5-6-10-15(14)21-19(27)20-13-16-22-17(25(2)3)24-18(23-16)26-11-7-4-8-12-26/h5-6,9-10H,4,7-8,11-13H2,1-3H3,(H2,20,21,27). The highest BCUT2D eigenvalue weighted by Crippen LogP contribution is 2.18. The Bertz CT molecular complexity index is 787. The second kappa shape index (κ2) is 8.66. The molecule has 1 saturated heterocycles. The topological polar surface area (TPSA) is 86.3 Å². The number of aromatic nitrogens is 3. The number of rotatable bonds is 5. The van der Waals surface area contributed by atoms with Gasteiger partial charge >= 0.3 is 6.03 Å². The number of benzene rings is 1. The molecule has 2 heterocycles. The summed E-state index contributed by atoms with van der Waals surface area (Å²) in [7, 11) is 3.80. The van der Waals surface area contributed by atoms with Crippen molar-refractivity contribution < 1.29 is 4.79 Å². The smallest absolute Gasteiger partial charge is 0.319 e.